The van der Waals surface area contributed by atoms with Crippen LogP contribution < -0.4 is 15.2 Å². The summed E-state index contributed by atoms with van der Waals surface area (Å²) in [6, 6.07) is 11.5. The van der Waals surface area contributed by atoms with Crippen molar-refractivity contribution in [2.75, 3.05) is 0 Å². The number of allylic oxidation sites excluding steroid dienone is 5. The van der Waals surface area contributed by atoms with E-state index in [-0.39, 0.29) is 16.8 Å². The summed E-state index contributed by atoms with van der Waals surface area (Å²) in [5.41, 5.74) is 2.44. The highest BCUT2D eigenvalue weighted by Gasteiger charge is 2.27. The SMILES string of the molecule is CCCC1=C(F)C=C2C(=CC1)Oc1c/c(=C/CC(F)(F)F)c(F)cc1=C2c1ccccc1. The maximum Gasteiger partial charge on any atom is 0.392 e. The molecule has 2 aromatic rings. The average molecular weight is 444 g/mol. The van der Waals surface area contributed by atoms with E-state index >= 15 is 4.39 Å². The minimum atomic E-state index is -4.44. The van der Waals surface area contributed by atoms with Gasteiger partial charge in [-0.3, -0.25) is 0 Å². The Labute approximate surface area is 182 Å². The summed E-state index contributed by atoms with van der Waals surface area (Å²) in [5.74, 6) is -0.494. The number of ether oxygens (including phenoxy) is 1. The Morgan fingerprint density at radius 1 is 1.06 bits per heavy atom. The lowest BCUT2D eigenvalue weighted by molar-refractivity contribution is -0.122. The molecule has 6 heteroatoms. The number of halogens is 5. The molecule has 0 radical (unpaired) electrons. The van der Waals surface area contributed by atoms with Gasteiger partial charge in [-0.15, -0.1) is 0 Å². The Hall–Kier alpha value is -3.15. The van der Waals surface area contributed by atoms with Crippen molar-refractivity contribution < 1.29 is 26.7 Å². The van der Waals surface area contributed by atoms with Crippen LogP contribution in [-0.4, -0.2) is 6.18 Å². The van der Waals surface area contributed by atoms with Crippen molar-refractivity contribution in [3.8, 4) is 5.75 Å². The predicted octanol–water partition coefficient (Wildman–Crippen LogP) is 6.39. The standard InChI is InChI=1S/C26H21F5O/c1-2-6-16-9-10-23-19(14-21(16)27)25(17-7-4-3-5-8-17)20-15-22(28)18(13-24(20)32-23)11-12-26(29,30)31/h3-5,7-8,10-11,13-15H,2,6,9,12H2,1H3/b18-11-. The minimum absolute atomic E-state index is 0.189. The van der Waals surface area contributed by atoms with Crippen molar-refractivity contribution in [1.29, 1.82) is 0 Å². The highest BCUT2D eigenvalue weighted by atomic mass is 19.4. The zero-order chi connectivity index (χ0) is 22.9. The molecule has 1 aliphatic heterocycles. The summed E-state index contributed by atoms with van der Waals surface area (Å²) < 4.78 is 73.7. The first-order valence-corrected chi connectivity index (χ1v) is 10.4. The number of hydrogen-bond donors (Lipinski definition) is 0. The second-order valence-electron chi connectivity index (χ2n) is 7.77. The normalized spacial score (nSPS) is 16.7. The smallest absolute Gasteiger partial charge is 0.392 e. The number of fused-ring (bicyclic) bond motifs is 2. The topological polar surface area (TPSA) is 9.23 Å². The van der Waals surface area contributed by atoms with E-state index in [1.54, 1.807) is 6.08 Å². The maximum atomic E-state index is 15.0. The summed E-state index contributed by atoms with van der Waals surface area (Å²) in [6.07, 6.45) is 0.0430. The summed E-state index contributed by atoms with van der Waals surface area (Å²) in [4.78, 5) is 0. The van der Waals surface area contributed by atoms with Gasteiger partial charge in [-0.1, -0.05) is 49.8 Å². The summed E-state index contributed by atoms with van der Waals surface area (Å²) in [5, 5.41) is 0.180. The molecule has 0 saturated heterocycles. The zero-order valence-electron chi connectivity index (χ0n) is 17.4. The largest absolute Gasteiger partial charge is 0.456 e. The summed E-state index contributed by atoms with van der Waals surface area (Å²) in [7, 11) is 0. The van der Waals surface area contributed by atoms with Crippen LogP contribution in [0.2, 0.25) is 0 Å². The predicted molar refractivity (Wildman–Crippen MR) is 114 cm³/mol. The fraction of sp³-hybridized carbons (Fsp3) is 0.231. The third kappa shape index (κ3) is 4.54. The van der Waals surface area contributed by atoms with Crippen LogP contribution in [0.15, 0.2) is 77.3 Å². The first-order chi connectivity index (χ1) is 15.3. The third-order valence-electron chi connectivity index (χ3n) is 5.43. The Morgan fingerprint density at radius 3 is 2.50 bits per heavy atom. The van der Waals surface area contributed by atoms with E-state index < -0.39 is 18.4 Å². The van der Waals surface area contributed by atoms with Gasteiger partial charge in [0, 0.05) is 21.6 Å². The zero-order valence-corrected chi connectivity index (χ0v) is 17.4. The number of hydrogen-bond acceptors (Lipinski definition) is 1. The monoisotopic (exact) mass is 444 g/mol. The first kappa shape index (κ1) is 22.1. The molecule has 0 bridgehead atoms. The van der Waals surface area contributed by atoms with Crippen LogP contribution in [0.5, 0.6) is 5.75 Å². The molecule has 0 unspecified atom stereocenters. The molecule has 1 aliphatic carbocycles. The molecule has 166 valence electrons. The van der Waals surface area contributed by atoms with Crippen LogP contribution >= 0.6 is 0 Å². The molecule has 0 aromatic heterocycles. The van der Waals surface area contributed by atoms with E-state index in [1.165, 1.54) is 12.1 Å². The van der Waals surface area contributed by atoms with Crippen molar-refractivity contribution in [2.45, 2.75) is 38.8 Å². The molecule has 0 spiro atoms. The van der Waals surface area contributed by atoms with Crippen LogP contribution in [0.3, 0.4) is 0 Å². The molecule has 4 rings (SSSR count). The van der Waals surface area contributed by atoms with E-state index in [2.05, 4.69) is 0 Å². The molecule has 32 heavy (non-hydrogen) atoms. The number of rotatable bonds is 4. The first-order valence-electron chi connectivity index (χ1n) is 10.4. The van der Waals surface area contributed by atoms with Crippen LogP contribution in [0.1, 0.15) is 38.2 Å². The van der Waals surface area contributed by atoms with Gasteiger partial charge in [0.2, 0.25) is 0 Å². The summed E-state index contributed by atoms with van der Waals surface area (Å²) in [6.45, 7) is 1.97. The van der Waals surface area contributed by atoms with Gasteiger partial charge >= 0.3 is 6.18 Å². The Balaban J connectivity index is 1.99. The van der Waals surface area contributed by atoms with E-state index in [0.29, 0.717) is 40.5 Å². The van der Waals surface area contributed by atoms with Crippen molar-refractivity contribution in [3.05, 3.63) is 99.2 Å². The Kier molecular flexibility index (Phi) is 6.04. The second kappa shape index (κ2) is 8.77. The fourth-order valence-electron chi connectivity index (χ4n) is 3.95. The van der Waals surface area contributed by atoms with Gasteiger partial charge in [0.1, 0.15) is 23.2 Å². The van der Waals surface area contributed by atoms with E-state index in [0.717, 1.165) is 24.1 Å². The molecule has 1 nitrogen and oxygen atoms in total. The van der Waals surface area contributed by atoms with Crippen LogP contribution in [0.4, 0.5) is 22.0 Å². The van der Waals surface area contributed by atoms with Gasteiger partial charge in [-0.25, -0.2) is 8.78 Å². The molecule has 0 N–H and O–H groups in total. The summed E-state index contributed by atoms with van der Waals surface area (Å²) >= 11 is 0. The maximum absolute atomic E-state index is 15.0. The molecular weight excluding hydrogens is 423 g/mol. The van der Waals surface area contributed by atoms with Gasteiger partial charge in [0.15, 0.2) is 0 Å². The highest BCUT2D eigenvalue weighted by Crippen LogP contribution is 2.37. The van der Waals surface area contributed by atoms with Gasteiger partial charge in [0.25, 0.3) is 0 Å². The molecule has 1 heterocycles. The number of alkyl halides is 3. The van der Waals surface area contributed by atoms with Crippen LogP contribution in [0.25, 0.3) is 11.6 Å². The Bertz CT molecular complexity index is 1250. The lowest BCUT2D eigenvalue weighted by Gasteiger charge is -2.23. The van der Waals surface area contributed by atoms with Gasteiger partial charge in [0.05, 0.1) is 6.42 Å². The lowest BCUT2D eigenvalue weighted by Crippen LogP contribution is -2.25. The van der Waals surface area contributed by atoms with Crippen molar-refractivity contribution in [3.63, 3.8) is 0 Å². The van der Waals surface area contributed by atoms with Crippen LogP contribution in [-0.2, 0) is 0 Å². The van der Waals surface area contributed by atoms with Gasteiger partial charge in [-0.05, 0) is 48.3 Å². The molecule has 0 saturated carbocycles. The molecule has 0 amide bonds. The molecular formula is C26H21F5O. The van der Waals surface area contributed by atoms with Gasteiger partial charge in [-0.2, -0.15) is 13.2 Å². The van der Waals surface area contributed by atoms with E-state index in [9.17, 15) is 17.6 Å². The number of benzene rings is 2. The van der Waals surface area contributed by atoms with E-state index in [1.807, 2.05) is 37.3 Å². The molecule has 2 aromatic carbocycles. The lowest BCUT2D eigenvalue weighted by atomic mass is 9.91. The quantitative estimate of drug-likeness (QED) is 0.497. The fourth-order valence-corrected chi connectivity index (χ4v) is 3.95. The molecule has 0 fully saturated rings. The third-order valence-corrected chi connectivity index (χ3v) is 5.43. The second-order valence-corrected chi connectivity index (χ2v) is 7.77. The minimum Gasteiger partial charge on any atom is -0.456 e. The van der Waals surface area contributed by atoms with E-state index in [4.69, 9.17) is 4.74 Å². The van der Waals surface area contributed by atoms with Crippen LogP contribution in [0, 0.1) is 5.82 Å². The van der Waals surface area contributed by atoms with Crippen molar-refractivity contribution >= 4 is 11.6 Å². The molecule has 2 aliphatic rings. The van der Waals surface area contributed by atoms with Gasteiger partial charge < -0.3 is 4.74 Å². The van der Waals surface area contributed by atoms with Crippen molar-refractivity contribution in [1.82, 2.24) is 0 Å². The molecule has 0 atom stereocenters. The Morgan fingerprint density at radius 2 is 1.81 bits per heavy atom. The highest BCUT2D eigenvalue weighted by molar-refractivity contribution is 5.86. The average Bonchev–Trinajstić information content (AvgIpc) is 2.90. The van der Waals surface area contributed by atoms with Crippen molar-refractivity contribution in [2.24, 2.45) is 0 Å².